The van der Waals surface area contributed by atoms with Gasteiger partial charge in [0.1, 0.15) is 17.6 Å². The third kappa shape index (κ3) is 6.35. The summed E-state index contributed by atoms with van der Waals surface area (Å²) in [5.74, 6) is 5.29. The Morgan fingerprint density at radius 1 is 1.19 bits per heavy atom. The van der Waals surface area contributed by atoms with E-state index in [1.54, 1.807) is 36.4 Å². The minimum atomic E-state index is -3.76. The molecule has 2 aromatic carbocycles. The van der Waals surface area contributed by atoms with Gasteiger partial charge >= 0.3 is 6.09 Å². The number of anilines is 1. The van der Waals surface area contributed by atoms with Crippen LogP contribution >= 0.6 is 0 Å². The van der Waals surface area contributed by atoms with E-state index in [9.17, 15) is 17.6 Å². The summed E-state index contributed by atoms with van der Waals surface area (Å²) in [5.41, 5.74) is 1.39. The minimum absolute atomic E-state index is 0.239. The molecule has 1 amide bonds. The van der Waals surface area contributed by atoms with E-state index < -0.39 is 27.9 Å². The molecule has 1 atom stereocenters. The highest BCUT2D eigenvalue weighted by Gasteiger charge is 2.29. The van der Waals surface area contributed by atoms with Crippen molar-refractivity contribution in [1.82, 2.24) is 9.62 Å². The number of hydrogen-bond acceptors (Lipinski definition) is 5. The molecule has 2 N–H and O–H groups in total. The SMILES string of the molecule is COc1cccc(C#CC(CS(=O)(=O)N2CCN(c3ccc(F)cc3)CC2)NC(=O)O)c1. The largest absolute Gasteiger partial charge is 0.497 e. The molecule has 1 aliphatic rings. The van der Waals surface area contributed by atoms with Crippen LogP contribution in [0.3, 0.4) is 0 Å². The first kappa shape index (κ1) is 23.4. The molecule has 0 aliphatic carbocycles. The zero-order valence-corrected chi connectivity index (χ0v) is 18.3. The van der Waals surface area contributed by atoms with E-state index in [4.69, 9.17) is 9.84 Å². The summed E-state index contributed by atoms with van der Waals surface area (Å²) < 4.78 is 45.4. The Morgan fingerprint density at radius 2 is 1.88 bits per heavy atom. The number of rotatable bonds is 6. The molecule has 0 aromatic heterocycles. The Balaban J connectivity index is 1.67. The van der Waals surface area contributed by atoms with Crippen LogP contribution in [0.2, 0.25) is 0 Å². The van der Waals surface area contributed by atoms with Gasteiger partial charge in [-0.3, -0.25) is 0 Å². The Bertz CT molecular complexity index is 1100. The van der Waals surface area contributed by atoms with Crippen molar-refractivity contribution in [3.05, 3.63) is 59.9 Å². The summed E-state index contributed by atoms with van der Waals surface area (Å²) in [5, 5.41) is 11.3. The highest BCUT2D eigenvalue weighted by molar-refractivity contribution is 7.89. The number of halogens is 1. The number of piperazine rings is 1. The van der Waals surface area contributed by atoms with Gasteiger partial charge in [-0.05, 0) is 42.5 Å². The predicted octanol–water partition coefficient (Wildman–Crippen LogP) is 1.97. The summed E-state index contributed by atoms with van der Waals surface area (Å²) in [6, 6.07) is 11.8. The lowest BCUT2D eigenvalue weighted by Crippen LogP contribution is -2.51. The Kier molecular flexibility index (Phi) is 7.56. The summed E-state index contributed by atoms with van der Waals surface area (Å²) in [6.45, 7) is 1.36. The number of amides is 1. The van der Waals surface area contributed by atoms with Crippen molar-refractivity contribution in [2.24, 2.45) is 0 Å². The smallest absolute Gasteiger partial charge is 0.405 e. The summed E-state index contributed by atoms with van der Waals surface area (Å²) in [7, 11) is -2.25. The topological polar surface area (TPSA) is 99.2 Å². The molecule has 1 heterocycles. The second-order valence-electron chi connectivity index (χ2n) is 7.14. The maximum Gasteiger partial charge on any atom is 0.405 e. The maximum atomic E-state index is 13.1. The fraction of sp³-hybridized carbons (Fsp3) is 0.318. The van der Waals surface area contributed by atoms with E-state index in [2.05, 4.69) is 17.2 Å². The Hall–Kier alpha value is -3.29. The molecular weight excluding hydrogens is 437 g/mol. The normalized spacial score (nSPS) is 15.4. The zero-order chi connectivity index (χ0) is 23.1. The van der Waals surface area contributed by atoms with Gasteiger partial charge in [-0.2, -0.15) is 4.31 Å². The van der Waals surface area contributed by atoms with Crippen molar-refractivity contribution in [2.45, 2.75) is 6.04 Å². The van der Waals surface area contributed by atoms with E-state index in [1.165, 1.54) is 23.5 Å². The van der Waals surface area contributed by atoms with Crippen molar-refractivity contribution < 1.29 is 27.4 Å². The molecule has 10 heteroatoms. The van der Waals surface area contributed by atoms with Crippen LogP contribution in [0, 0.1) is 17.7 Å². The first-order valence-corrected chi connectivity index (χ1v) is 11.5. The number of methoxy groups -OCH3 is 1. The molecule has 0 saturated carbocycles. The van der Waals surface area contributed by atoms with E-state index in [1.807, 2.05) is 4.90 Å². The standard InChI is InChI=1S/C22H24FN3O5S/c1-31-21-4-2-3-17(15-21)5-8-19(24-22(27)28)16-32(29,30)26-13-11-25(12-14-26)20-9-6-18(23)7-10-20/h2-4,6-7,9-10,15,19,24H,11-14,16H2,1H3,(H,27,28). The number of carboxylic acid groups (broad SMARTS) is 1. The number of benzene rings is 2. The Morgan fingerprint density at radius 3 is 2.50 bits per heavy atom. The molecule has 32 heavy (non-hydrogen) atoms. The second kappa shape index (κ2) is 10.3. The van der Waals surface area contributed by atoms with Crippen LogP contribution < -0.4 is 15.0 Å². The summed E-state index contributed by atoms with van der Waals surface area (Å²) in [6.07, 6.45) is -1.36. The monoisotopic (exact) mass is 461 g/mol. The molecule has 1 unspecified atom stereocenters. The van der Waals surface area contributed by atoms with Crippen LogP contribution in [0.5, 0.6) is 5.75 Å². The second-order valence-corrected chi connectivity index (χ2v) is 9.16. The van der Waals surface area contributed by atoms with E-state index in [0.29, 0.717) is 24.4 Å². The van der Waals surface area contributed by atoms with Crippen LogP contribution in [0.15, 0.2) is 48.5 Å². The van der Waals surface area contributed by atoms with Gasteiger partial charge in [-0.25, -0.2) is 17.6 Å². The average Bonchev–Trinajstić information content (AvgIpc) is 2.78. The maximum absolute atomic E-state index is 13.1. The first-order chi connectivity index (χ1) is 15.3. The van der Waals surface area contributed by atoms with Crippen molar-refractivity contribution in [3.8, 4) is 17.6 Å². The Labute approximate surface area is 186 Å². The van der Waals surface area contributed by atoms with Gasteiger partial charge in [0.2, 0.25) is 10.0 Å². The highest BCUT2D eigenvalue weighted by atomic mass is 32.2. The van der Waals surface area contributed by atoms with Crippen molar-refractivity contribution in [3.63, 3.8) is 0 Å². The number of ether oxygens (including phenoxy) is 1. The summed E-state index contributed by atoms with van der Waals surface area (Å²) in [4.78, 5) is 13.1. The third-order valence-electron chi connectivity index (χ3n) is 4.96. The molecular formula is C22H24FN3O5S. The molecule has 3 rings (SSSR count). The molecule has 8 nitrogen and oxygen atoms in total. The van der Waals surface area contributed by atoms with Crippen LogP contribution in [-0.2, 0) is 10.0 Å². The highest BCUT2D eigenvalue weighted by Crippen LogP contribution is 2.18. The van der Waals surface area contributed by atoms with Crippen molar-refractivity contribution in [1.29, 1.82) is 0 Å². The van der Waals surface area contributed by atoms with Gasteiger partial charge in [0, 0.05) is 37.4 Å². The number of sulfonamides is 1. The van der Waals surface area contributed by atoms with Gasteiger partial charge in [0.15, 0.2) is 0 Å². The number of nitrogens with zero attached hydrogens (tertiary/aromatic N) is 2. The van der Waals surface area contributed by atoms with Gasteiger partial charge in [0.25, 0.3) is 0 Å². The molecule has 0 bridgehead atoms. The van der Waals surface area contributed by atoms with Gasteiger partial charge in [0.05, 0.1) is 12.9 Å². The third-order valence-corrected chi connectivity index (χ3v) is 6.87. The average molecular weight is 462 g/mol. The molecule has 1 saturated heterocycles. The van der Waals surface area contributed by atoms with E-state index >= 15 is 0 Å². The quantitative estimate of drug-likeness (QED) is 0.639. The molecule has 0 spiro atoms. The van der Waals surface area contributed by atoms with E-state index in [0.717, 1.165) is 5.69 Å². The fourth-order valence-electron chi connectivity index (χ4n) is 3.33. The molecule has 2 aromatic rings. The zero-order valence-electron chi connectivity index (χ0n) is 17.5. The summed E-state index contributed by atoms with van der Waals surface area (Å²) >= 11 is 0. The number of carbonyl (C=O) groups is 1. The van der Waals surface area contributed by atoms with Gasteiger partial charge in [-0.1, -0.05) is 17.9 Å². The van der Waals surface area contributed by atoms with Crippen LogP contribution in [0.25, 0.3) is 0 Å². The minimum Gasteiger partial charge on any atom is -0.497 e. The van der Waals surface area contributed by atoms with Crippen LogP contribution in [-0.4, -0.2) is 69.0 Å². The van der Waals surface area contributed by atoms with Crippen LogP contribution in [0.4, 0.5) is 14.9 Å². The number of nitrogens with one attached hydrogen (secondary N) is 1. The lowest BCUT2D eigenvalue weighted by molar-refractivity contribution is 0.193. The molecule has 1 aliphatic heterocycles. The van der Waals surface area contributed by atoms with Crippen molar-refractivity contribution in [2.75, 3.05) is 43.9 Å². The lowest BCUT2D eigenvalue weighted by Gasteiger charge is -2.35. The number of hydrogen-bond donors (Lipinski definition) is 2. The van der Waals surface area contributed by atoms with Gasteiger partial charge < -0.3 is 20.1 Å². The fourth-order valence-corrected chi connectivity index (χ4v) is 4.85. The van der Waals surface area contributed by atoms with E-state index in [-0.39, 0.29) is 18.9 Å². The van der Waals surface area contributed by atoms with Crippen molar-refractivity contribution >= 4 is 21.8 Å². The van der Waals surface area contributed by atoms with Gasteiger partial charge in [-0.15, -0.1) is 0 Å². The predicted molar refractivity (Wildman–Crippen MR) is 119 cm³/mol. The molecule has 1 fully saturated rings. The lowest BCUT2D eigenvalue weighted by atomic mass is 10.2. The first-order valence-electron chi connectivity index (χ1n) is 9.90. The molecule has 0 radical (unpaired) electrons. The van der Waals surface area contributed by atoms with Crippen LogP contribution in [0.1, 0.15) is 5.56 Å². The molecule has 170 valence electrons.